The molecule has 0 radical (unpaired) electrons. The van der Waals surface area contributed by atoms with E-state index >= 15 is 0 Å². The van der Waals surface area contributed by atoms with Gasteiger partial charge in [-0.25, -0.2) is 23.1 Å². The highest BCUT2D eigenvalue weighted by Gasteiger charge is 2.33. The highest BCUT2D eigenvalue weighted by Crippen LogP contribution is 2.25. The van der Waals surface area contributed by atoms with Crippen molar-refractivity contribution in [2.45, 2.75) is 0 Å². The van der Waals surface area contributed by atoms with Crippen LogP contribution in [-0.4, -0.2) is 53.4 Å². The second kappa shape index (κ2) is 7.51. The quantitative estimate of drug-likeness (QED) is 0.621. The minimum absolute atomic E-state index is 0.126. The molecule has 0 atom stereocenters. The number of carbonyl (C=O) groups excluding carboxylic acids is 1. The van der Waals surface area contributed by atoms with Gasteiger partial charge in [0.2, 0.25) is 15.9 Å². The summed E-state index contributed by atoms with van der Waals surface area (Å²) in [6, 6.07) is 10.2. The summed E-state index contributed by atoms with van der Waals surface area (Å²) in [5, 5.41) is 6.98. The second-order valence-corrected chi connectivity index (χ2v) is 8.48. The van der Waals surface area contributed by atoms with Crippen molar-refractivity contribution in [1.29, 1.82) is 0 Å². The first kappa shape index (κ1) is 18.9. The second-order valence-electron chi connectivity index (χ2n) is 6.73. The first-order valence-electron chi connectivity index (χ1n) is 8.83. The van der Waals surface area contributed by atoms with Crippen molar-refractivity contribution in [3.05, 3.63) is 55.1 Å². The number of hydrogen-bond donors (Lipinski definition) is 2. The van der Waals surface area contributed by atoms with Gasteiger partial charge in [0.1, 0.15) is 12.1 Å². The molecule has 29 heavy (non-hydrogen) atoms. The highest BCUT2D eigenvalue weighted by molar-refractivity contribution is 7.92. The van der Waals surface area contributed by atoms with Crippen LogP contribution in [0.1, 0.15) is 0 Å². The summed E-state index contributed by atoms with van der Waals surface area (Å²) < 4.78 is 26.7. The van der Waals surface area contributed by atoms with Crippen LogP contribution in [0.25, 0.3) is 5.82 Å². The molecule has 1 aromatic carbocycles. The Balaban J connectivity index is 1.36. The number of hydrogen-bond acceptors (Lipinski definition) is 7. The van der Waals surface area contributed by atoms with E-state index in [4.69, 9.17) is 0 Å². The molecule has 0 saturated carbocycles. The minimum atomic E-state index is -3.38. The van der Waals surface area contributed by atoms with E-state index in [1.165, 1.54) is 6.33 Å². The molecule has 0 bridgehead atoms. The number of anilines is 3. The molecule has 3 heterocycles. The van der Waals surface area contributed by atoms with Crippen LogP contribution in [0.4, 0.5) is 17.2 Å². The summed E-state index contributed by atoms with van der Waals surface area (Å²) in [6.45, 7) is 1.06. The standard InChI is InChI=1S/C18H19N7O3S/c1-29(27,28)23-15-5-2-4-14(8-15)22-18(26)13-10-24(11-13)16-9-17(20-12-19-16)25-7-3-6-21-25/h2-9,12-13,23H,10-11H2,1H3,(H,22,26). The number of carbonyl (C=O) groups is 1. The SMILES string of the molecule is CS(=O)(=O)Nc1cccc(NC(=O)C2CN(c3cc(-n4cccn4)ncn3)C2)c1. The van der Waals surface area contributed by atoms with Gasteiger partial charge in [0.15, 0.2) is 5.82 Å². The molecule has 1 fully saturated rings. The van der Waals surface area contributed by atoms with Crippen LogP contribution < -0.4 is 14.9 Å². The van der Waals surface area contributed by atoms with Crippen molar-refractivity contribution in [2.24, 2.45) is 5.92 Å². The van der Waals surface area contributed by atoms with Crippen LogP contribution in [-0.2, 0) is 14.8 Å². The molecule has 0 unspecified atom stereocenters. The highest BCUT2D eigenvalue weighted by atomic mass is 32.2. The molecule has 4 rings (SSSR count). The van der Waals surface area contributed by atoms with Gasteiger partial charge in [0, 0.05) is 37.2 Å². The Labute approximate surface area is 167 Å². The number of aromatic nitrogens is 4. The summed E-state index contributed by atoms with van der Waals surface area (Å²) >= 11 is 0. The lowest BCUT2D eigenvalue weighted by Gasteiger charge is -2.39. The van der Waals surface area contributed by atoms with Crippen molar-refractivity contribution >= 4 is 33.1 Å². The Morgan fingerprint density at radius 1 is 1.10 bits per heavy atom. The van der Waals surface area contributed by atoms with E-state index < -0.39 is 10.0 Å². The summed E-state index contributed by atoms with van der Waals surface area (Å²) in [6.07, 6.45) is 6.02. The number of nitrogens with one attached hydrogen (secondary N) is 2. The van der Waals surface area contributed by atoms with Crippen LogP contribution in [0.15, 0.2) is 55.1 Å². The van der Waals surface area contributed by atoms with Gasteiger partial charge in [-0.3, -0.25) is 9.52 Å². The summed E-state index contributed by atoms with van der Waals surface area (Å²) in [5.41, 5.74) is 0.928. The lowest BCUT2D eigenvalue weighted by molar-refractivity contribution is -0.120. The van der Waals surface area contributed by atoms with Gasteiger partial charge in [-0.2, -0.15) is 5.10 Å². The fourth-order valence-corrected chi connectivity index (χ4v) is 3.55. The molecule has 1 amide bonds. The van der Waals surface area contributed by atoms with Gasteiger partial charge in [0.25, 0.3) is 0 Å². The molecule has 3 aromatic rings. The van der Waals surface area contributed by atoms with Gasteiger partial charge >= 0.3 is 0 Å². The van der Waals surface area contributed by atoms with Gasteiger partial charge in [-0.15, -0.1) is 0 Å². The van der Waals surface area contributed by atoms with Crippen molar-refractivity contribution in [1.82, 2.24) is 19.7 Å². The monoisotopic (exact) mass is 413 g/mol. The van der Waals surface area contributed by atoms with Gasteiger partial charge in [-0.05, 0) is 24.3 Å². The van der Waals surface area contributed by atoms with Gasteiger partial charge < -0.3 is 10.2 Å². The first-order chi connectivity index (χ1) is 13.9. The van der Waals surface area contributed by atoms with Crippen LogP contribution in [0.2, 0.25) is 0 Å². The normalized spacial score (nSPS) is 14.3. The van der Waals surface area contributed by atoms with Crippen LogP contribution >= 0.6 is 0 Å². The summed E-state index contributed by atoms with van der Waals surface area (Å²) in [5.74, 6) is 1.07. The minimum Gasteiger partial charge on any atom is -0.355 e. The van der Waals surface area contributed by atoms with Gasteiger partial charge in [0.05, 0.1) is 17.9 Å². The van der Waals surface area contributed by atoms with E-state index in [0.717, 1.165) is 12.1 Å². The van der Waals surface area contributed by atoms with Crippen molar-refractivity contribution in [2.75, 3.05) is 34.3 Å². The van der Waals surface area contributed by atoms with E-state index in [1.54, 1.807) is 41.3 Å². The van der Waals surface area contributed by atoms with Crippen LogP contribution in [0.5, 0.6) is 0 Å². The fourth-order valence-electron chi connectivity index (χ4n) is 2.99. The number of nitrogens with zero attached hydrogens (tertiary/aromatic N) is 5. The number of sulfonamides is 1. The maximum atomic E-state index is 12.5. The molecule has 2 N–H and O–H groups in total. The Morgan fingerprint density at radius 3 is 2.59 bits per heavy atom. The zero-order valence-electron chi connectivity index (χ0n) is 15.6. The maximum absolute atomic E-state index is 12.5. The van der Waals surface area contributed by atoms with Crippen molar-refractivity contribution < 1.29 is 13.2 Å². The Bertz CT molecular complexity index is 1130. The maximum Gasteiger partial charge on any atom is 0.231 e. The van der Waals surface area contributed by atoms with E-state index in [0.29, 0.717) is 30.3 Å². The molecule has 1 aliphatic heterocycles. The average molecular weight is 413 g/mol. The van der Waals surface area contributed by atoms with Crippen molar-refractivity contribution in [3.63, 3.8) is 0 Å². The lowest BCUT2D eigenvalue weighted by atomic mass is 9.99. The molecule has 150 valence electrons. The zero-order chi connectivity index (χ0) is 20.4. The number of benzene rings is 1. The molecule has 1 saturated heterocycles. The van der Waals surface area contributed by atoms with E-state index in [1.807, 2.05) is 17.0 Å². The molecule has 10 nitrogen and oxygen atoms in total. The van der Waals surface area contributed by atoms with Gasteiger partial charge in [-0.1, -0.05) is 6.07 Å². The topological polar surface area (TPSA) is 122 Å². The number of amides is 1. The predicted molar refractivity (Wildman–Crippen MR) is 108 cm³/mol. The summed E-state index contributed by atoms with van der Waals surface area (Å²) in [7, 11) is -3.38. The molecular weight excluding hydrogens is 394 g/mol. The van der Waals surface area contributed by atoms with Crippen LogP contribution in [0, 0.1) is 5.92 Å². The van der Waals surface area contributed by atoms with Crippen molar-refractivity contribution in [3.8, 4) is 5.82 Å². The van der Waals surface area contributed by atoms with E-state index in [9.17, 15) is 13.2 Å². The zero-order valence-corrected chi connectivity index (χ0v) is 16.4. The molecule has 1 aliphatic rings. The molecule has 0 spiro atoms. The average Bonchev–Trinajstić information content (AvgIpc) is 3.14. The van der Waals surface area contributed by atoms with E-state index in [-0.39, 0.29) is 11.8 Å². The Morgan fingerprint density at radius 2 is 1.86 bits per heavy atom. The summed E-state index contributed by atoms with van der Waals surface area (Å²) in [4.78, 5) is 23.0. The first-order valence-corrected chi connectivity index (χ1v) is 10.7. The van der Waals surface area contributed by atoms with Crippen LogP contribution in [0.3, 0.4) is 0 Å². The third-order valence-electron chi connectivity index (χ3n) is 4.39. The smallest absolute Gasteiger partial charge is 0.231 e. The third-order valence-corrected chi connectivity index (χ3v) is 4.99. The largest absolute Gasteiger partial charge is 0.355 e. The third kappa shape index (κ3) is 4.51. The Hall–Kier alpha value is -3.47. The van der Waals surface area contributed by atoms with E-state index in [2.05, 4.69) is 25.1 Å². The lowest BCUT2D eigenvalue weighted by Crippen LogP contribution is -2.52. The fraction of sp³-hybridized carbons (Fsp3) is 0.222. The molecule has 11 heteroatoms. The molecular formula is C18H19N7O3S. The Kier molecular flexibility index (Phi) is 4.89. The molecule has 2 aromatic heterocycles. The predicted octanol–water partition coefficient (Wildman–Crippen LogP) is 1.11. The molecule has 0 aliphatic carbocycles. The number of rotatable bonds is 6.